The predicted octanol–water partition coefficient (Wildman–Crippen LogP) is 4.84. The molecule has 0 unspecified atom stereocenters. The summed E-state index contributed by atoms with van der Waals surface area (Å²) in [5.41, 5.74) is 4.78. The van der Waals surface area contributed by atoms with Crippen LogP contribution in [0.2, 0.25) is 0 Å². The fraction of sp³-hybridized carbons (Fsp3) is 0.457. The van der Waals surface area contributed by atoms with Crippen LogP contribution in [0.4, 0.5) is 4.39 Å². The molecular formula is C35H46FN3O3. The Morgan fingerprint density at radius 2 is 1.60 bits per heavy atom. The minimum atomic E-state index is -0.286. The zero-order valence-corrected chi connectivity index (χ0v) is 24.7. The molecule has 1 aliphatic heterocycles. The average Bonchev–Trinajstić information content (AvgIpc) is 3.01. The number of benzene rings is 3. The van der Waals surface area contributed by atoms with Crippen LogP contribution in [-0.4, -0.2) is 73.3 Å². The van der Waals surface area contributed by atoms with Crippen LogP contribution in [0.5, 0.6) is 0 Å². The van der Waals surface area contributed by atoms with E-state index in [1.54, 1.807) is 12.1 Å². The third-order valence-corrected chi connectivity index (χ3v) is 8.03. The number of aryl methyl sites for hydroxylation is 1. The van der Waals surface area contributed by atoms with E-state index in [-0.39, 0.29) is 31.5 Å². The second kappa shape index (κ2) is 17.8. The number of hydrogen-bond donors (Lipinski definition) is 2. The molecule has 1 heterocycles. The van der Waals surface area contributed by atoms with Crippen LogP contribution in [0.3, 0.4) is 0 Å². The Labute approximate surface area is 250 Å². The lowest BCUT2D eigenvalue weighted by molar-refractivity contribution is -0.126. The van der Waals surface area contributed by atoms with Gasteiger partial charge in [-0.15, -0.1) is 0 Å². The molecule has 3 aromatic rings. The molecule has 0 aromatic heterocycles. The zero-order valence-electron chi connectivity index (χ0n) is 24.7. The highest BCUT2D eigenvalue weighted by Crippen LogP contribution is 2.21. The highest BCUT2D eigenvalue weighted by molar-refractivity contribution is 5.77. The van der Waals surface area contributed by atoms with Crippen LogP contribution < -0.4 is 5.32 Å². The van der Waals surface area contributed by atoms with E-state index in [1.165, 1.54) is 48.1 Å². The first kappa shape index (κ1) is 31.8. The maximum Gasteiger partial charge on any atom is 0.246 e. The van der Waals surface area contributed by atoms with Gasteiger partial charge in [0.15, 0.2) is 0 Å². The molecule has 6 nitrogen and oxygen atoms in total. The van der Waals surface area contributed by atoms with E-state index >= 15 is 0 Å². The van der Waals surface area contributed by atoms with E-state index in [4.69, 9.17) is 4.74 Å². The van der Waals surface area contributed by atoms with Crippen molar-refractivity contribution in [3.63, 3.8) is 0 Å². The largest absolute Gasteiger partial charge is 0.395 e. The Kier molecular flexibility index (Phi) is 13.5. The second-order valence-corrected chi connectivity index (χ2v) is 11.4. The smallest absolute Gasteiger partial charge is 0.246 e. The van der Waals surface area contributed by atoms with E-state index in [9.17, 15) is 14.3 Å². The van der Waals surface area contributed by atoms with Crippen LogP contribution in [0.25, 0.3) is 0 Å². The van der Waals surface area contributed by atoms with Crippen LogP contribution in [-0.2, 0) is 35.5 Å². The van der Waals surface area contributed by atoms with Gasteiger partial charge < -0.3 is 20.1 Å². The van der Waals surface area contributed by atoms with Crippen molar-refractivity contribution >= 4 is 5.91 Å². The SMILES string of the molecule is O=C(COCc1ccc(F)cc1)NCCCc1ccc(CN(CCO)CCN2CCC(Cc3ccccc3)CC2)cc1. The Morgan fingerprint density at radius 3 is 2.31 bits per heavy atom. The molecule has 1 fully saturated rings. The summed E-state index contributed by atoms with van der Waals surface area (Å²) in [5, 5.41) is 12.5. The van der Waals surface area contributed by atoms with Crippen LogP contribution in [0, 0.1) is 11.7 Å². The molecule has 0 radical (unpaired) electrons. The van der Waals surface area contributed by atoms with Crippen LogP contribution in [0.1, 0.15) is 41.5 Å². The van der Waals surface area contributed by atoms with Crippen molar-refractivity contribution in [2.75, 3.05) is 52.5 Å². The summed E-state index contributed by atoms with van der Waals surface area (Å²) in [6.07, 6.45) is 5.43. The van der Waals surface area contributed by atoms with Gasteiger partial charge in [-0.2, -0.15) is 0 Å². The molecule has 0 saturated carbocycles. The van der Waals surface area contributed by atoms with Crippen molar-refractivity contribution < 1.29 is 19.0 Å². The van der Waals surface area contributed by atoms with Crippen molar-refractivity contribution in [2.45, 2.75) is 45.3 Å². The normalized spacial score (nSPS) is 14.4. The van der Waals surface area contributed by atoms with Gasteiger partial charge in [-0.05, 0) is 85.5 Å². The number of amides is 1. The highest BCUT2D eigenvalue weighted by Gasteiger charge is 2.20. The molecular weight excluding hydrogens is 529 g/mol. The maximum absolute atomic E-state index is 13.0. The second-order valence-electron chi connectivity index (χ2n) is 11.4. The first-order valence-electron chi connectivity index (χ1n) is 15.3. The molecule has 2 N–H and O–H groups in total. The van der Waals surface area contributed by atoms with Gasteiger partial charge in [0.05, 0.1) is 13.2 Å². The van der Waals surface area contributed by atoms with Gasteiger partial charge in [-0.3, -0.25) is 9.69 Å². The summed E-state index contributed by atoms with van der Waals surface area (Å²) in [5.74, 6) is 0.347. The minimum absolute atomic E-state index is 0.0110. The maximum atomic E-state index is 13.0. The zero-order chi connectivity index (χ0) is 29.4. The van der Waals surface area contributed by atoms with Crippen molar-refractivity contribution in [3.05, 3.63) is 107 Å². The minimum Gasteiger partial charge on any atom is -0.395 e. The van der Waals surface area contributed by atoms with E-state index < -0.39 is 0 Å². The quantitative estimate of drug-likeness (QED) is 0.226. The number of piperidine rings is 1. The lowest BCUT2D eigenvalue weighted by Crippen LogP contribution is -2.40. The number of ether oxygens (including phenoxy) is 1. The third-order valence-electron chi connectivity index (χ3n) is 8.03. The van der Waals surface area contributed by atoms with Gasteiger partial charge >= 0.3 is 0 Å². The summed E-state index contributed by atoms with van der Waals surface area (Å²) in [6, 6.07) is 25.6. The van der Waals surface area contributed by atoms with Crippen LogP contribution in [0.15, 0.2) is 78.9 Å². The summed E-state index contributed by atoms with van der Waals surface area (Å²) < 4.78 is 18.4. The molecule has 3 aromatic carbocycles. The topological polar surface area (TPSA) is 65.0 Å². The van der Waals surface area contributed by atoms with Crippen LogP contribution >= 0.6 is 0 Å². The number of carbonyl (C=O) groups excluding carboxylic acids is 1. The number of aliphatic hydroxyl groups is 1. The summed E-state index contributed by atoms with van der Waals surface area (Å²) >= 11 is 0. The Balaban J connectivity index is 1.08. The standard InChI is InChI=1S/C35H46FN3O3/c36-34-14-12-33(13-15-34)27-42-28-35(41)37-18-4-7-29-8-10-32(11-9-29)26-39(23-24-40)22-21-38-19-16-31(17-20-38)25-30-5-2-1-3-6-30/h1-3,5-6,8-15,31,40H,4,7,16-28H2,(H,37,41). The molecule has 1 aliphatic rings. The summed E-state index contributed by atoms with van der Waals surface area (Å²) in [6.45, 7) is 6.85. The molecule has 42 heavy (non-hydrogen) atoms. The van der Waals surface area contributed by atoms with Crippen molar-refractivity contribution in [1.29, 1.82) is 0 Å². The number of likely N-dealkylation sites (tertiary alicyclic amines) is 1. The first-order chi connectivity index (χ1) is 20.6. The molecule has 1 saturated heterocycles. The van der Waals surface area contributed by atoms with Crippen molar-refractivity contribution in [2.24, 2.45) is 5.92 Å². The predicted molar refractivity (Wildman–Crippen MR) is 166 cm³/mol. The van der Waals surface area contributed by atoms with E-state index in [2.05, 4.69) is 69.7 Å². The molecule has 7 heteroatoms. The fourth-order valence-corrected chi connectivity index (χ4v) is 5.54. The van der Waals surface area contributed by atoms with Gasteiger partial charge in [0.25, 0.3) is 0 Å². The number of nitrogens with one attached hydrogen (secondary N) is 1. The Bertz CT molecular complexity index is 1170. The number of carbonyl (C=O) groups is 1. The first-order valence-corrected chi connectivity index (χ1v) is 15.3. The lowest BCUT2D eigenvalue weighted by atomic mass is 9.90. The van der Waals surface area contributed by atoms with Gasteiger partial charge in [-0.25, -0.2) is 4.39 Å². The Morgan fingerprint density at radius 1 is 0.905 bits per heavy atom. The number of halogens is 1. The third kappa shape index (κ3) is 11.6. The number of aliphatic hydroxyl groups excluding tert-OH is 1. The number of nitrogens with zero attached hydrogens (tertiary/aromatic N) is 2. The molecule has 0 spiro atoms. The van der Waals surface area contributed by atoms with Crippen molar-refractivity contribution in [1.82, 2.24) is 15.1 Å². The summed E-state index contributed by atoms with van der Waals surface area (Å²) in [7, 11) is 0. The van der Waals surface area contributed by atoms with Gasteiger partial charge in [0.2, 0.25) is 5.91 Å². The molecule has 4 rings (SSSR count). The van der Waals surface area contributed by atoms with Crippen molar-refractivity contribution in [3.8, 4) is 0 Å². The monoisotopic (exact) mass is 575 g/mol. The fourth-order valence-electron chi connectivity index (χ4n) is 5.54. The van der Waals surface area contributed by atoms with E-state index in [0.717, 1.165) is 57.0 Å². The van der Waals surface area contributed by atoms with Gasteiger partial charge in [0, 0.05) is 32.7 Å². The summed E-state index contributed by atoms with van der Waals surface area (Å²) in [4.78, 5) is 16.9. The highest BCUT2D eigenvalue weighted by atomic mass is 19.1. The number of hydrogen-bond acceptors (Lipinski definition) is 5. The van der Waals surface area contributed by atoms with E-state index in [1.807, 2.05) is 0 Å². The van der Waals surface area contributed by atoms with Gasteiger partial charge in [-0.1, -0.05) is 66.7 Å². The molecule has 226 valence electrons. The molecule has 0 bridgehead atoms. The van der Waals surface area contributed by atoms with E-state index in [0.29, 0.717) is 13.1 Å². The Hall–Kier alpha value is -3.10. The lowest BCUT2D eigenvalue weighted by Gasteiger charge is -2.33. The molecule has 0 aliphatic carbocycles. The molecule has 1 amide bonds. The average molecular weight is 576 g/mol. The molecule has 0 atom stereocenters. The van der Waals surface area contributed by atoms with Gasteiger partial charge in [0.1, 0.15) is 12.4 Å². The number of rotatable bonds is 17.